The molecule has 9 heteroatoms. The number of nitrogens with zero attached hydrogens (tertiary/aromatic N) is 3. The van der Waals surface area contributed by atoms with Gasteiger partial charge in [0.25, 0.3) is 11.8 Å². The molecule has 3 amide bonds. The van der Waals surface area contributed by atoms with Crippen molar-refractivity contribution in [1.82, 2.24) is 25.3 Å². The van der Waals surface area contributed by atoms with E-state index in [-0.39, 0.29) is 23.8 Å². The van der Waals surface area contributed by atoms with Crippen molar-refractivity contribution in [2.45, 2.75) is 77.8 Å². The Morgan fingerprint density at radius 3 is 2.84 bits per heavy atom. The van der Waals surface area contributed by atoms with E-state index in [0.717, 1.165) is 54.8 Å². The van der Waals surface area contributed by atoms with E-state index in [0.29, 0.717) is 69.1 Å². The number of fused-ring (bicyclic) bond motifs is 2. The molecule has 204 valence electrons. The predicted octanol–water partition coefficient (Wildman–Crippen LogP) is 2.89. The molecule has 9 nitrogen and oxygen atoms in total. The van der Waals surface area contributed by atoms with Crippen molar-refractivity contribution < 1.29 is 19.1 Å². The van der Waals surface area contributed by atoms with Crippen LogP contribution >= 0.6 is 0 Å². The van der Waals surface area contributed by atoms with E-state index in [9.17, 15) is 14.4 Å². The van der Waals surface area contributed by atoms with E-state index in [1.54, 1.807) is 4.90 Å². The van der Waals surface area contributed by atoms with Gasteiger partial charge < -0.3 is 20.3 Å². The molecule has 1 aliphatic carbocycles. The fourth-order valence-electron chi connectivity index (χ4n) is 5.66. The lowest BCUT2D eigenvalue weighted by atomic mass is 9.91. The molecule has 0 fully saturated rings. The normalized spacial score (nSPS) is 20.2. The first-order chi connectivity index (χ1) is 18.4. The third kappa shape index (κ3) is 5.87. The number of amides is 3. The average molecular weight is 522 g/mol. The van der Waals surface area contributed by atoms with Crippen molar-refractivity contribution in [2.24, 2.45) is 5.92 Å². The highest BCUT2D eigenvalue weighted by Gasteiger charge is 2.30. The standard InChI is InChI=1S/C29H39N5O4/c1-19(2)10-15-34-24-8-7-22-18-23(24)27(32-34)28(36)30-12-4-14-33(13-3-5-26(35)31-22)29(37)21-6-9-25-20(17-21)11-16-38-25/h6,9,17,19,22H,3-5,7-8,10-16,18H2,1-2H3,(H,30,36)(H,31,35). The zero-order chi connectivity index (χ0) is 26.6. The van der Waals surface area contributed by atoms with Gasteiger partial charge in [-0.1, -0.05) is 13.8 Å². The summed E-state index contributed by atoms with van der Waals surface area (Å²) in [5.74, 6) is 1.15. The van der Waals surface area contributed by atoms with Crippen molar-refractivity contribution in [1.29, 1.82) is 0 Å². The first-order valence-electron chi connectivity index (χ1n) is 14.1. The Hall–Kier alpha value is -3.36. The molecule has 38 heavy (non-hydrogen) atoms. The van der Waals surface area contributed by atoms with Gasteiger partial charge in [-0.25, -0.2) is 0 Å². The molecule has 1 unspecified atom stereocenters. The second-order valence-corrected chi connectivity index (χ2v) is 11.1. The molecule has 0 saturated carbocycles. The van der Waals surface area contributed by atoms with Crippen LogP contribution in [0.3, 0.4) is 0 Å². The summed E-state index contributed by atoms with van der Waals surface area (Å²) in [6, 6.07) is 5.58. The van der Waals surface area contributed by atoms with Gasteiger partial charge in [-0.3, -0.25) is 19.1 Å². The topological polar surface area (TPSA) is 106 Å². The molecule has 2 aliphatic heterocycles. The molecule has 3 aliphatic rings. The van der Waals surface area contributed by atoms with Crippen LogP contribution < -0.4 is 15.4 Å². The van der Waals surface area contributed by atoms with Gasteiger partial charge in [-0.2, -0.15) is 5.10 Å². The Morgan fingerprint density at radius 2 is 2.00 bits per heavy atom. The molecule has 1 aromatic carbocycles. The van der Waals surface area contributed by atoms with Crippen molar-refractivity contribution in [2.75, 3.05) is 26.2 Å². The highest BCUT2D eigenvalue weighted by atomic mass is 16.5. The molecule has 2 N–H and O–H groups in total. The zero-order valence-electron chi connectivity index (χ0n) is 22.6. The first-order valence-corrected chi connectivity index (χ1v) is 14.1. The van der Waals surface area contributed by atoms with Crippen LogP contribution in [0.5, 0.6) is 5.75 Å². The molecule has 2 aromatic rings. The second kappa shape index (κ2) is 11.6. The van der Waals surface area contributed by atoms with Crippen LogP contribution in [0.2, 0.25) is 0 Å². The molecular formula is C29H39N5O4. The fraction of sp³-hybridized carbons (Fsp3) is 0.586. The number of hydrogen-bond acceptors (Lipinski definition) is 5. The van der Waals surface area contributed by atoms with Crippen LogP contribution in [0.1, 0.15) is 83.6 Å². The minimum atomic E-state index is -0.178. The monoisotopic (exact) mass is 521 g/mol. The van der Waals surface area contributed by atoms with E-state index >= 15 is 0 Å². The van der Waals surface area contributed by atoms with Gasteiger partial charge in [-0.05, 0) is 68.2 Å². The number of aryl methyl sites for hydroxylation is 1. The highest BCUT2D eigenvalue weighted by molar-refractivity contribution is 5.95. The summed E-state index contributed by atoms with van der Waals surface area (Å²) in [5.41, 5.74) is 4.26. The van der Waals surface area contributed by atoms with E-state index in [4.69, 9.17) is 9.84 Å². The molecule has 0 spiro atoms. The number of rotatable bonds is 4. The lowest BCUT2D eigenvalue weighted by molar-refractivity contribution is -0.122. The summed E-state index contributed by atoms with van der Waals surface area (Å²) in [6.07, 6.45) is 5.63. The first kappa shape index (κ1) is 26.3. The lowest BCUT2D eigenvalue weighted by Crippen LogP contribution is -2.40. The second-order valence-electron chi connectivity index (χ2n) is 11.1. The van der Waals surface area contributed by atoms with Crippen molar-refractivity contribution >= 4 is 17.7 Å². The number of benzene rings is 1. The molecule has 0 saturated heterocycles. The van der Waals surface area contributed by atoms with Crippen molar-refractivity contribution in [3.8, 4) is 5.75 Å². The molecule has 3 heterocycles. The zero-order valence-corrected chi connectivity index (χ0v) is 22.6. The summed E-state index contributed by atoms with van der Waals surface area (Å²) in [5, 5.41) is 11.0. The third-order valence-electron chi connectivity index (χ3n) is 7.79. The fourth-order valence-corrected chi connectivity index (χ4v) is 5.66. The number of hydrogen-bond donors (Lipinski definition) is 2. The van der Waals surface area contributed by atoms with E-state index < -0.39 is 0 Å². The third-order valence-corrected chi connectivity index (χ3v) is 7.79. The summed E-state index contributed by atoms with van der Waals surface area (Å²) in [7, 11) is 0. The van der Waals surface area contributed by atoms with E-state index in [2.05, 4.69) is 24.5 Å². The number of aromatic nitrogens is 2. The smallest absolute Gasteiger partial charge is 0.272 e. The van der Waals surface area contributed by atoms with Crippen LogP contribution in [0.25, 0.3) is 0 Å². The number of carbonyl (C=O) groups excluding carboxylic acids is 3. The minimum absolute atomic E-state index is 0.00592. The lowest BCUT2D eigenvalue weighted by Gasteiger charge is -2.25. The number of carbonyl (C=O) groups is 3. The van der Waals surface area contributed by atoms with Crippen molar-refractivity contribution in [3.63, 3.8) is 0 Å². The molecule has 0 radical (unpaired) electrons. The maximum absolute atomic E-state index is 13.4. The Labute approximate surface area is 224 Å². The molecule has 5 rings (SSSR count). The van der Waals surface area contributed by atoms with Crippen LogP contribution in [0.15, 0.2) is 18.2 Å². The predicted molar refractivity (Wildman–Crippen MR) is 143 cm³/mol. The highest BCUT2D eigenvalue weighted by Crippen LogP contribution is 2.27. The van der Waals surface area contributed by atoms with Gasteiger partial charge >= 0.3 is 0 Å². The Balaban J connectivity index is 1.32. The Kier molecular flexibility index (Phi) is 8.00. The maximum Gasteiger partial charge on any atom is 0.272 e. The van der Waals surface area contributed by atoms with Crippen LogP contribution in [0, 0.1) is 5.92 Å². The molecule has 1 aromatic heterocycles. The van der Waals surface area contributed by atoms with Gasteiger partial charge in [0.1, 0.15) is 5.75 Å². The SMILES string of the molecule is CC(C)CCn1nc2c3c1CCC(C3)NC(=O)CCCN(C(=O)c1ccc3c(c1)CCO3)CCCNC2=O. The largest absolute Gasteiger partial charge is 0.493 e. The van der Waals surface area contributed by atoms with Gasteiger partial charge in [0, 0.05) is 61.9 Å². The van der Waals surface area contributed by atoms with Crippen LogP contribution in [0.4, 0.5) is 0 Å². The van der Waals surface area contributed by atoms with E-state index in [1.165, 1.54) is 0 Å². The molecular weight excluding hydrogens is 482 g/mol. The Morgan fingerprint density at radius 1 is 1.16 bits per heavy atom. The average Bonchev–Trinajstić information content (AvgIpc) is 3.51. The summed E-state index contributed by atoms with van der Waals surface area (Å²) in [6.45, 7) is 7.25. The van der Waals surface area contributed by atoms with Gasteiger partial charge in [0.2, 0.25) is 5.91 Å². The quantitative estimate of drug-likeness (QED) is 0.644. The Bertz CT molecular complexity index is 1200. The minimum Gasteiger partial charge on any atom is -0.493 e. The van der Waals surface area contributed by atoms with Crippen LogP contribution in [-0.2, 0) is 30.6 Å². The summed E-state index contributed by atoms with van der Waals surface area (Å²) < 4.78 is 7.59. The maximum atomic E-state index is 13.4. The van der Waals surface area contributed by atoms with Crippen molar-refractivity contribution in [3.05, 3.63) is 46.3 Å². The summed E-state index contributed by atoms with van der Waals surface area (Å²) in [4.78, 5) is 41.2. The molecule has 1 atom stereocenters. The summed E-state index contributed by atoms with van der Waals surface area (Å²) >= 11 is 0. The molecule has 2 bridgehead atoms. The number of ether oxygens (including phenoxy) is 1. The van der Waals surface area contributed by atoms with Gasteiger partial charge in [0.05, 0.1) is 6.61 Å². The van der Waals surface area contributed by atoms with Gasteiger partial charge in [-0.15, -0.1) is 0 Å². The van der Waals surface area contributed by atoms with Gasteiger partial charge in [0.15, 0.2) is 5.69 Å². The van der Waals surface area contributed by atoms with E-state index in [1.807, 2.05) is 22.9 Å². The number of nitrogens with one attached hydrogen (secondary N) is 2. The van der Waals surface area contributed by atoms with Crippen LogP contribution in [-0.4, -0.2) is 64.7 Å².